The van der Waals surface area contributed by atoms with Crippen molar-refractivity contribution in [1.29, 1.82) is 0 Å². The Labute approximate surface area is 98.9 Å². The first-order valence-electron chi connectivity index (χ1n) is 6.00. The number of hydrogen-bond acceptors (Lipinski definition) is 2. The van der Waals surface area contributed by atoms with Crippen molar-refractivity contribution in [1.82, 2.24) is 4.90 Å². The number of ether oxygens (including phenoxy) is 1. The van der Waals surface area contributed by atoms with Gasteiger partial charge in [0.25, 0.3) is 0 Å². The van der Waals surface area contributed by atoms with Crippen molar-refractivity contribution in [2.24, 2.45) is 5.41 Å². The van der Waals surface area contributed by atoms with Crippen molar-refractivity contribution in [2.45, 2.75) is 33.1 Å². The minimum Gasteiger partial charge on any atom is -0.379 e. The van der Waals surface area contributed by atoms with Crippen LogP contribution in [0.4, 0.5) is 0 Å². The first-order valence-corrected chi connectivity index (χ1v) is 6.53. The molecule has 0 bridgehead atoms. The Bertz CT molecular complexity index is 173. The zero-order valence-electron chi connectivity index (χ0n) is 10.1. The number of rotatable bonds is 5. The fourth-order valence-electron chi connectivity index (χ4n) is 2.05. The van der Waals surface area contributed by atoms with Crippen LogP contribution in [0, 0.1) is 5.41 Å². The predicted molar refractivity (Wildman–Crippen MR) is 65.6 cm³/mol. The second kappa shape index (κ2) is 6.72. The molecule has 0 radical (unpaired) electrons. The first kappa shape index (κ1) is 13.3. The summed E-state index contributed by atoms with van der Waals surface area (Å²) in [6.45, 7) is 9.77. The summed E-state index contributed by atoms with van der Waals surface area (Å²) in [5.41, 5.74) is 0.533. The maximum Gasteiger partial charge on any atom is 0.0602 e. The molecule has 1 aliphatic rings. The quantitative estimate of drug-likeness (QED) is 0.535. The molecule has 0 atom stereocenters. The average molecular weight is 234 g/mol. The molecule has 90 valence electrons. The van der Waals surface area contributed by atoms with Crippen molar-refractivity contribution >= 4 is 11.6 Å². The predicted octanol–water partition coefficient (Wildman–Crippen LogP) is 2.75. The largest absolute Gasteiger partial charge is 0.379 e. The highest BCUT2D eigenvalue weighted by Gasteiger charge is 2.22. The molecule has 2 nitrogen and oxygen atoms in total. The van der Waals surface area contributed by atoms with Crippen LogP contribution in [-0.2, 0) is 4.74 Å². The van der Waals surface area contributed by atoms with Gasteiger partial charge in [0.1, 0.15) is 0 Å². The minimum absolute atomic E-state index is 0.533. The summed E-state index contributed by atoms with van der Waals surface area (Å²) < 4.78 is 5.40. The van der Waals surface area contributed by atoms with E-state index in [1.165, 1.54) is 32.4 Å². The van der Waals surface area contributed by atoms with Crippen molar-refractivity contribution < 1.29 is 4.74 Å². The molecule has 0 aliphatic carbocycles. The summed E-state index contributed by atoms with van der Waals surface area (Å²) in [7, 11) is 0. The van der Waals surface area contributed by atoms with E-state index in [4.69, 9.17) is 16.3 Å². The van der Waals surface area contributed by atoms with E-state index in [0.717, 1.165) is 13.2 Å². The molecule has 1 heterocycles. The number of nitrogens with zero attached hydrogens (tertiary/aromatic N) is 1. The molecule has 0 N–H and O–H groups in total. The molecule has 0 unspecified atom stereocenters. The lowest BCUT2D eigenvalue weighted by Gasteiger charge is -2.23. The third kappa shape index (κ3) is 5.74. The molecule has 1 saturated heterocycles. The molecule has 0 amide bonds. The van der Waals surface area contributed by atoms with Gasteiger partial charge in [-0.3, -0.25) is 0 Å². The van der Waals surface area contributed by atoms with Gasteiger partial charge in [-0.15, -0.1) is 11.6 Å². The van der Waals surface area contributed by atoms with Gasteiger partial charge in [-0.1, -0.05) is 13.8 Å². The van der Waals surface area contributed by atoms with Gasteiger partial charge < -0.3 is 9.64 Å². The molecule has 0 saturated carbocycles. The fourth-order valence-corrected chi connectivity index (χ4v) is 2.16. The van der Waals surface area contributed by atoms with Gasteiger partial charge in [-0.25, -0.2) is 0 Å². The van der Waals surface area contributed by atoms with Crippen molar-refractivity contribution in [3.63, 3.8) is 0 Å². The highest BCUT2D eigenvalue weighted by atomic mass is 35.5. The molecule has 0 aromatic rings. The minimum atomic E-state index is 0.533. The molecule has 0 aromatic heterocycles. The van der Waals surface area contributed by atoms with E-state index in [1.807, 2.05) is 0 Å². The second-order valence-electron chi connectivity index (χ2n) is 5.16. The van der Waals surface area contributed by atoms with E-state index in [9.17, 15) is 0 Å². The zero-order valence-corrected chi connectivity index (χ0v) is 10.9. The molecule has 0 spiro atoms. The Morgan fingerprint density at radius 2 is 2.00 bits per heavy atom. The molecule has 0 aromatic carbocycles. The lowest BCUT2D eigenvalue weighted by atomic mass is 9.85. The summed E-state index contributed by atoms with van der Waals surface area (Å²) >= 11 is 5.55. The van der Waals surface area contributed by atoms with Crippen LogP contribution in [-0.4, -0.2) is 43.6 Å². The van der Waals surface area contributed by atoms with E-state index in [-0.39, 0.29) is 0 Å². The summed E-state index contributed by atoms with van der Waals surface area (Å²) in [4.78, 5) is 2.52. The van der Waals surface area contributed by atoms with Crippen molar-refractivity contribution in [2.75, 3.05) is 38.7 Å². The van der Waals surface area contributed by atoms with Crippen LogP contribution in [0.3, 0.4) is 0 Å². The highest BCUT2D eigenvalue weighted by molar-refractivity contribution is 6.17. The lowest BCUT2D eigenvalue weighted by Crippen LogP contribution is -2.29. The lowest BCUT2D eigenvalue weighted by molar-refractivity contribution is 0.114. The Balaban J connectivity index is 2.14. The number of halogens is 1. The first-order chi connectivity index (χ1) is 7.14. The Morgan fingerprint density at radius 1 is 1.20 bits per heavy atom. The van der Waals surface area contributed by atoms with Crippen molar-refractivity contribution in [3.05, 3.63) is 0 Å². The van der Waals surface area contributed by atoms with E-state index in [0.29, 0.717) is 17.9 Å². The standard InChI is InChI=1S/C12H24ClNO/c1-12(2)4-3-7-14(8-5-12)9-11-15-10-6-13/h3-11H2,1-2H3. The molecule has 1 fully saturated rings. The molecule has 15 heavy (non-hydrogen) atoms. The summed E-state index contributed by atoms with van der Waals surface area (Å²) in [5, 5.41) is 0. The Morgan fingerprint density at radius 3 is 2.73 bits per heavy atom. The van der Waals surface area contributed by atoms with Gasteiger partial charge in [0.15, 0.2) is 0 Å². The fraction of sp³-hybridized carbons (Fsp3) is 1.00. The van der Waals surface area contributed by atoms with Crippen LogP contribution >= 0.6 is 11.6 Å². The van der Waals surface area contributed by atoms with Gasteiger partial charge in [-0.2, -0.15) is 0 Å². The van der Waals surface area contributed by atoms with Gasteiger partial charge in [0.2, 0.25) is 0 Å². The third-order valence-electron chi connectivity index (χ3n) is 3.21. The van der Waals surface area contributed by atoms with Crippen molar-refractivity contribution in [3.8, 4) is 0 Å². The monoisotopic (exact) mass is 233 g/mol. The summed E-state index contributed by atoms with van der Waals surface area (Å²) in [6, 6.07) is 0. The van der Waals surface area contributed by atoms with E-state index < -0.39 is 0 Å². The van der Waals surface area contributed by atoms with Crippen LogP contribution in [0.5, 0.6) is 0 Å². The molecule has 3 heteroatoms. The summed E-state index contributed by atoms with van der Waals surface area (Å²) in [5.74, 6) is 0.604. The van der Waals surface area contributed by atoms with Crippen LogP contribution in [0.25, 0.3) is 0 Å². The SMILES string of the molecule is CC1(C)CCCN(CCOCCCl)CC1. The number of hydrogen-bond donors (Lipinski definition) is 0. The molecular weight excluding hydrogens is 210 g/mol. The number of alkyl halides is 1. The maximum atomic E-state index is 5.55. The summed E-state index contributed by atoms with van der Waals surface area (Å²) in [6.07, 6.45) is 3.98. The van der Waals surface area contributed by atoms with Gasteiger partial charge in [-0.05, 0) is 37.8 Å². The number of likely N-dealkylation sites (tertiary alicyclic amines) is 1. The maximum absolute atomic E-state index is 5.55. The van der Waals surface area contributed by atoms with Gasteiger partial charge in [0.05, 0.1) is 13.2 Å². The van der Waals surface area contributed by atoms with Crippen LogP contribution < -0.4 is 0 Å². The Hall–Kier alpha value is 0.210. The zero-order chi connectivity index (χ0) is 11.1. The third-order valence-corrected chi connectivity index (χ3v) is 3.36. The average Bonchev–Trinajstić information content (AvgIpc) is 2.35. The van der Waals surface area contributed by atoms with E-state index >= 15 is 0 Å². The van der Waals surface area contributed by atoms with Gasteiger partial charge in [0, 0.05) is 12.4 Å². The van der Waals surface area contributed by atoms with Crippen LogP contribution in [0.2, 0.25) is 0 Å². The normalized spacial score (nSPS) is 22.6. The molecular formula is C12H24ClNO. The topological polar surface area (TPSA) is 12.5 Å². The van der Waals surface area contributed by atoms with Gasteiger partial charge >= 0.3 is 0 Å². The molecule has 1 aliphatic heterocycles. The highest BCUT2D eigenvalue weighted by Crippen LogP contribution is 2.29. The second-order valence-corrected chi connectivity index (χ2v) is 5.54. The van der Waals surface area contributed by atoms with E-state index in [1.54, 1.807) is 0 Å². The molecule has 1 rings (SSSR count). The van der Waals surface area contributed by atoms with E-state index in [2.05, 4.69) is 18.7 Å². The van der Waals surface area contributed by atoms with Crippen LogP contribution in [0.1, 0.15) is 33.1 Å². The smallest absolute Gasteiger partial charge is 0.0602 e. The Kier molecular flexibility index (Phi) is 5.95. The van der Waals surface area contributed by atoms with Crippen LogP contribution in [0.15, 0.2) is 0 Å².